The number of carbonyl (C=O) groups is 1. The van der Waals surface area contributed by atoms with Crippen LogP contribution in [-0.4, -0.2) is 17.1 Å². The molecule has 120 valence electrons. The molecule has 23 heavy (non-hydrogen) atoms. The van der Waals surface area contributed by atoms with Gasteiger partial charge in [-0.15, -0.1) is 0 Å². The van der Waals surface area contributed by atoms with Crippen LogP contribution < -0.4 is 5.32 Å². The Morgan fingerprint density at radius 1 is 1.04 bits per heavy atom. The molecule has 1 heterocycles. The van der Waals surface area contributed by atoms with Gasteiger partial charge in [0.15, 0.2) is 0 Å². The normalized spacial score (nSPS) is 17.6. The number of hydrogen-bond donors (Lipinski definition) is 2. The summed E-state index contributed by atoms with van der Waals surface area (Å²) in [5.41, 5.74) is 2.76. The fraction of sp³-hybridized carbons (Fsp3) is 0.235. The minimum Gasteiger partial charge on any atom is -0.480 e. The maximum absolute atomic E-state index is 12.6. The molecule has 3 nitrogen and oxygen atoms in total. The van der Waals surface area contributed by atoms with E-state index in [1.807, 2.05) is 18.2 Å². The molecule has 0 bridgehead atoms. The van der Waals surface area contributed by atoms with Gasteiger partial charge in [0.25, 0.3) is 0 Å². The molecule has 1 aliphatic rings. The molecule has 0 aliphatic carbocycles. The second-order valence-electron chi connectivity index (χ2n) is 5.53. The zero-order chi connectivity index (χ0) is 16.6. The van der Waals surface area contributed by atoms with Gasteiger partial charge in [0.05, 0.1) is 5.56 Å². The standard InChI is InChI=1S/C17H14F3NO2/c18-17(19,20)14-5-3-10(4-6-14)11-1-2-12-8-15(16(22)23)21-9-13(12)7-11/h1-7,15,21H,8-9H2,(H,22,23)/t15-/m0/s1. The number of benzene rings is 2. The first-order valence-electron chi connectivity index (χ1n) is 7.10. The molecular weight excluding hydrogens is 307 g/mol. The molecule has 0 saturated heterocycles. The summed E-state index contributed by atoms with van der Waals surface area (Å²) < 4.78 is 37.8. The van der Waals surface area contributed by atoms with Crippen LogP contribution in [0.4, 0.5) is 13.2 Å². The quantitative estimate of drug-likeness (QED) is 0.890. The van der Waals surface area contributed by atoms with E-state index in [1.54, 1.807) is 0 Å². The molecule has 2 N–H and O–H groups in total. The lowest BCUT2D eigenvalue weighted by Crippen LogP contribution is -2.41. The zero-order valence-electron chi connectivity index (χ0n) is 12.0. The van der Waals surface area contributed by atoms with Gasteiger partial charge in [0.2, 0.25) is 0 Å². The van der Waals surface area contributed by atoms with Gasteiger partial charge in [0.1, 0.15) is 6.04 Å². The van der Waals surface area contributed by atoms with Gasteiger partial charge in [-0.2, -0.15) is 13.2 Å². The van der Waals surface area contributed by atoms with Gasteiger partial charge >= 0.3 is 12.1 Å². The molecule has 0 saturated carbocycles. The van der Waals surface area contributed by atoms with Gasteiger partial charge < -0.3 is 10.4 Å². The summed E-state index contributed by atoms with van der Waals surface area (Å²) in [6, 6.07) is 9.97. The maximum Gasteiger partial charge on any atom is 0.416 e. The summed E-state index contributed by atoms with van der Waals surface area (Å²) in [7, 11) is 0. The van der Waals surface area contributed by atoms with Crippen LogP contribution in [0.2, 0.25) is 0 Å². The lowest BCUT2D eigenvalue weighted by Gasteiger charge is -2.23. The van der Waals surface area contributed by atoms with E-state index in [-0.39, 0.29) is 0 Å². The highest BCUT2D eigenvalue weighted by Crippen LogP contribution is 2.31. The molecule has 6 heteroatoms. The van der Waals surface area contributed by atoms with Crippen molar-refractivity contribution in [1.82, 2.24) is 5.32 Å². The minimum absolute atomic E-state index is 0.401. The van der Waals surface area contributed by atoms with Crippen LogP contribution in [0, 0.1) is 0 Å². The fourth-order valence-corrected chi connectivity index (χ4v) is 2.72. The third kappa shape index (κ3) is 3.22. The first-order chi connectivity index (χ1) is 10.8. The molecule has 0 fully saturated rings. The highest BCUT2D eigenvalue weighted by molar-refractivity contribution is 5.75. The van der Waals surface area contributed by atoms with Gasteiger partial charge in [0, 0.05) is 6.54 Å². The Hall–Kier alpha value is -2.34. The second-order valence-corrected chi connectivity index (χ2v) is 5.53. The van der Waals surface area contributed by atoms with Crippen LogP contribution in [0.25, 0.3) is 11.1 Å². The summed E-state index contributed by atoms with van der Waals surface area (Å²) >= 11 is 0. The van der Waals surface area contributed by atoms with Gasteiger partial charge in [-0.25, -0.2) is 0 Å². The number of rotatable bonds is 2. The number of halogens is 3. The predicted molar refractivity (Wildman–Crippen MR) is 78.8 cm³/mol. The van der Waals surface area contributed by atoms with Crippen LogP contribution in [0.5, 0.6) is 0 Å². The monoisotopic (exact) mass is 321 g/mol. The lowest BCUT2D eigenvalue weighted by atomic mass is 9.92. The number of fused-ring (bicyclic) bond motifs is 1. The van der Waals surface area contributed by atoms with E-state index in [0.29, 0.717) is 18.5 Å². The first-order valence-corrected chi connectivity index (χ1v) is 7.10. The Morgan fingerprint density at radius 3 is 2.30 bits per heavy atom. The van der Waals surface area contributed by atoms with Crippen molar-refractivity contribution >= 4 is 5.97 Å². The summed E-state index contributed by atoms with van der Waals surface area (Å²) in [4.78, 5) is 11.0. The Labute approximate surface area is 130 Å². The fourth-order valence-electron chi connectivity index (χ4n) is 2.72. The zero-order valence-corrected chi connectivity index (χ0v) is 12.0. The Balaban J connectivity index is 1.87. The summed E-state index contributed by atoms with van der Waals surface area (Å²) in [5, 5.41) is 12.0. The Bertz CT molecular complexity index is 738. The van der Waals surface area contributed by atoms with Crippen molar-refractivity contribution in [2.45, 2.75) is 25.2 Å². The molecule has 0 unspecified atom stereocenters. The number of carboxylic acid groups (broad SMARTS) is 1. The molecule has 0 spiro atoms. The van der Waals surface area contributed by atoms with Gasteiger partial charge in [-0.05, 0) is 46.9 Å². The first kappa shape index (κ1) is 15.6. The summed E-state index contributed by atoms with van der Waals surface area (Å²) in [5.74, 6) is -0.887. The molecule has 0 aromatic heterocycles. The molecule has 2 aromatic carbocycles. The molecule has 3 rings (SSSR count). The maximum atomic E-state index is 12.6. The topological polar surface area (TPSA) is 49.3 Å². The van der Waals surface area contributed by atoms with Gasteiger partial charge in [-0.1, -0.05) is 24.3 Å². The highest BCUT2D eigenvalue weighted by atomic mass is 19.4. The van der Waals surface area contributed by atoms with Crippen LogP contribution in [0.1, 0.15) is 16.7 Å². The molecule has 0 amide bonds. The average molecular weight is 321 g/mol. The highest BCUT2D eigenvalue weighted by Gasteiger charge is 2.30. The van der Waals surface area contributed by atoms with Crippen molar-refractivity contribution in [1.29, 1.82) is 0 Å². The van der Waals surface area contributed by atoms with E-state index in [4.69, 9.17) is 5.11 Å². The smallest absolute Gasteiger partial charge is 0.416 e. The van der Waals surface area contributed by atoms with E-state index in [2.05, 4.69) is 5.32 Å². The van der Waals surface area contributed by atoms with Crippen molar-refractivity contribution in [3.63, 3.8) is 0 Å². The number of aliphatic carboxylic acids is 1. The minimum atomic E-state index is -4.34. The number of hydrogen-bond acceptors (Lipinski definition) is 2. The Kier molecular flexibility index (Phi) is 3.85. The van der Waals surface area contributed by atoms with E-state index >= 15 is 0 Å². The van der Waals surface area contributed by atoms with E-state index in [0.717, 1.165) is 28.8 Å². The average Bonchev–Trinajstić information content (AvgIpc) is 2.53. The summed E-state index contributed by atoms with van der Waals surface area (Å²) in [6.07, 6.45) is -3.94. The van der Waals surface area contributed by atoms with Crippen LogP contribution in [0.3, 0.4) is 0 Å². The van der Waals surface area contributed by atoms with E-state index in [1.165, 1.54) is 12.1 Å². The predicted octanol–water partition coefficient (Wildman–Crippen LogP) is 3.47. The van der Waals surface area contributed by atoms with Crippen LogP contribution in [-0.2, 0) is 23.9 Å². The number of carboxylic acids is 1. The van der Waals surface area contributed by atoms with Crippen LogP contribution in [0.15, 0.2) is 42.5 Å². The van der Waals surface area contributed by atoms with Crippen molar-refractivity contribution in [2.75, 3.05) is 0 Å². The number of nitrogens with one attached hydrogen (secondary N) is 1. The second kappa shape index (κ2) is 5.70. The SMILES string of the molecule is O=C(O)[C@@H]1Cc2ccc(-c3ccc(C(F)(F)F)cc3)cc2CN1. The van der Waals surface area contributed by atoms with Crippen LogP contribution >= 0.6 is 0 Å². The third-order valence-corrected chi connectivity index (χ3v) is 4.01. The van der Waals surface area contributed by atoms with Crippen molar-refractivity contribution < 1.29 is 23.1 Å². The Morgan fingerprint density at radius 2 is 1.70 bits per heavy atom. The lowest BCUT2D eigenvalue weighted by molar-refractivity contribution is -0.140. The molecule has 1 atom stereocenters. The van der Waals surface area contributed by atoms with Gasteiger partial charge in [-0.3, -0.25) is 4.79 Å². The van der Waals surface area contributed by atoms with Crippen molar-refractivity contribution in [3.05, 3.63) is 59.2 Å². The van der Waals surface area contributed by atoms with Crippen molar-refractivity contribution in [3.8, 4) is 11.1 Å². The van der Waals surface area contributed by atoms with Crippen molar-refractivity contribution in [2.24, 2.45) is 0 Å². The third-order valence-electron chi connectivity index (χ3n) is 4.01. The molecular formula is C17H14F3NO2. The molecule has 2 aromatic rings. The largest absolute Gasteiger partial charge is 0.480 e. The van der Waals surface area contributed by atoms with E-state index in [9.17, 15) is 18.0 Å². The van der Waals surface area contributed by atoms with E-state index < -0.39 is 23.8 Å². The number of alkyl halides is 3. The summed E-state index contributed by atoms with van der Waals surface area (Å²) in [6.45, 7) is 0.431. The molecule has 0 radical (unpaired) electrons. The molecule has 1 aliphatic heterocycles.